The molecular formula is C17H19NO. The minimum Gasteiger partial charge on any atom is -0.490 e. The molecule has 0 aromatic heterocycles. The molecule has 0 aliphatic rings. The number of rotatable bonds is 5. The lowest BCUT2D eigenvalue weighted by molar-refractivity contribution is 0.363. The molecule has 0 radical (unpaired) electrons. The third-order valence-electron chi connectivity index (χ3n) is 2.84. The van der Waals surface area contributed by atoms with E-state index in [1.54, 1.807) is 0 Å². The monoisotopic (exact) mass is 253 g/mol. The molecule has 0 saturated heterocycles. The minimum atomic E-state index is 0.0309. The molecule has 0 aliphatic heterocycles. The van der Waals surface area contributed by atoms with Gasteiger partial charge in [-0.2, -0.15) is 0 Å². The van der Waals surface area contributed by atoms with Gasteiger partial charge in [-0.25, -0.2) is 0 Å². The minimum absolute atomic E-state index is 0.0309. The predicted octanol–water partition coefficient (Wildman–Crippen LogP) is 3.80. The largest absolute Gasteiger partial charge is 0.490 e. The summed E-state index contributed by atoms with van der Waals surface area (Å²) in [6.45, 7) is 2.52. The van der Waals surface area contributed by atoms with Crippen molar-refractivity contribution in [1.82, 2.24) is 0 Å². The fourth-order valence-electron chi connectivity index (χ4n) is 1.78. The third kappa shape index (κ3) is 4.27. The van der Waals surface area contributed by atoms with Gasteiger partial charge in [-0.15, -0.1) is 0 Å². The Morgan fingerprint density at radius 3 is 2.63 bits per heavy atom. The first-order valence-electron chi connectivity index (χ1n) is 6.45. The standard InChI is InChI=1S/C17H19NO/c1-14(18)16-10-5-11-17(13-16)19-12-6-9-15-7-3-2-4-8-15/h2-11,13-14H,12,18H2,1H3/b9-6+. The van der Waals surface area contributed by atoms with E-state index in [4.69, 9.17) is 10.5 Å². The maximum atomic E-state index is 5.84. The average molecular weight is 253 g/mol. The Morgan fingerprint density at radius 2 is 1.89 bits per heavy atom. The highest BCUT2D eigenvalue weighted by molar-refractivity contribution is 5.48. The lowest BCUT2D eigenvalue weighted by Crippen LogP contribution is -2.05. The highest BCUT2D eigenvalue weighted by Crippen LogP contribution is 2.17. The summed E-state index contributed by atoms with van der Waals surface area (Å²) in [4.78, 5) is 0. The van der Waals surface area contributed by atoms with Gasteiger partial charge >= 0.3 is 0 Å². The molecule has 2 N–H and O–H groups in total. The van der Waals surface area contributed by atoms with Crippen molar-refractivity contribution in [2.45, 2.75) is 13.0 Å². The van der Waals surface area contributed by atoms with Crippen molar-refractivity contribution in [2.75, 3.05) is 6.61 Å². The Morgan fingerprint density at radius 1 is 1.11 bits per heavy atom. The molecule has 0 spiro atoms. The van der Waals surface area contributed by atoms with Crippen molar-refractivity contribution in [1.29, 1.82) is 0 Å². The molecule has 0 aliphatic carbocycles. The van der Waals surface area contributed by atoms with E-state index in [-0.39, 0.29) is 6.04 Å². The lowest BCUT2D eigenvalue weighted by Gasteiger charge is -2.08. The van der Waals surface area contributed by atoms with Gasteiger partial charge in [0.2, 0.25) is 0 Å². The highest BCUT2D eigenvalue weighted by Gasteiger charge is 2.00. The van der Waals surface area contributed by atoms with Gasteiger partial charge in [0.05, 0.1) is 0 Å². The fraction of sp³-hybridized carbons (Fsp3) is 0.176. The first-order chi connectivity index (χ1) is 9.25. The van der Waals surface area contributed by atoms with Crippen molar-refractivity contribution < 1.29 is 4.74 Å². The number of ether oxygens (including phenoxy) is 1. The van der Waals surface area contributed by atoms with Crippen LogP contribution in [0.15, 0.2) is 60.7 Å². The van der Waals surface area contributed by atoms with Crippen LogP contribution in [0.4, 0.5) is 0 Å². The molecule has 2 nitrogen and oxygen atoms in total. The molecule has 2 heteroatoms. The molecule has 19 heavy (non-hydrogen) atoms. The van der Waals surface area contributed by atoms with Gasteiger partial charge in [0.1, 0.15) is 12.4 Å². The topological polar surface area (TPSA) is 35.2 Å². The maximum absolute atomic E-state index is 5.84. The normalized spacial score (nSPS) is 12.5. The summed E-state index contributed by atoms with van der Waals surface area (Å²) in [5.41, 5.74) is 8.11. The van der Waals surface area contributed by atoms with Gasteiger partial charge in [-0.1, -0.05) is 48.5 Å². The van der Waals surface area contributed by atoms with E-state index in [0.29, 0.717) is 6.61 Å². The van der Waals surface area contributed by atoms with Gasteiger partial charge in [0, 0.05) is 6.04 Å². The molecule has 0 heterocycles. The van der Waals surface area contributed by atoms with E-state index in [0.717, 1.165) is 11.3 Å². The van der Waals surface area contributed by atoms with E-state index in [9.17, 15) is 0 Å². The van der Waals surface area contributed by atoms with Crippen molar-refractivity contribution >= 4 is 6.08 Å². The van der Waals surface area contributed by atoms with Crippen LogP contribution < -0.4 is 10.5 Å². The summed E-state index contributed by atoms with van der Waals surface area (Å²) < 4.78 is 5.68. The van der Waals surface area contributed by atoms with Crippen molar-refractivity contribution in [3.63, 3.8) is 0 Å². The SMILES string of the molecule is CC(N)c1cccc(OC/C=C/c2ccccc2)c1. The van der Waals surface area contributed by atoms with Crippen LogP contribution in [0.2, 0.25) is 0 Å². The van der Waals surface area contributed by atoms with Crippen molar-refractivity contribution in [3.8, 4) is 5.75 Å². The van der Waals surface area contributed by atoms with Crippen LogP contribution in [-0.4, -0.2) is 6.61 Å². The van der Waals surface area contributed by atoms with Crippen LogP contribution in [0.3, 0.4) is 0 Å². The molecule has 0 bridgehead atoms. The maximum Gasteiger partial charge on any atom is 0.120 e. The van der Waals surface area contributed by atoms with Crippen LogP contribution >= 0.6 is 0 Å². The van der Waals surface area contributed by atoms with E-state index >= 15 is 0 Å². The van der Waals surface area contributed by atoms with Crippen molar-refractivity contribution in [3.05, 3.63) is 71.8 Å². The van der Waals surface area contributed by atoms with Gasteiger partial charge in [-0.05, 0) is 36.3 Å². The Balaban J connectivity index is 1.89. The molecule has 2 aromatic rings. The van der Waals surface area contributed by atoms with Crippen LogP contribution in [-0.2, 0) is 0 Å². The lowest BCUT2D eigenvalue weighted by atomic mass is 10.1. The molecule has 0 saturated carbocycles. The number of benzene rings is 2. The van der Waals surface area contributed by atoms with Crippen LogP contribution in [0.1, 0.15) is 24.1 Å². The molecule has 98 valence electrons. The molecular weight excluding hydrogens is 234 g/mol. The zero-order chi connectivity index (χ0) is 13.5. The Bertz CT molecular complexity index is 532. The second-order valence-corrected chi connectivity index (χ2v) is 4.49. The Kier molecular flexibility index (Phi) is 4.76. The smallest absolute Gasteiger partial charge is 0.120 e. The van der Waals surface area contributed by atoms with Gasteiger partial charge in [0.25, 0.3) is 0 Å². The second-order valence-electron chi connectivity index (χ2n) is 4.49. The predicted molar refractivity (Wildman–Crippen MR) is 80.0 cm³/mol. The van der Waals surface area contributed by atoms with Gasteiger partial charge in [-0.3, -0.25) is 0 Å². The first-order valence-corrected chi connectivity index (χ1v) is 6.45. The van der Waals surface area contributed by atoms with E-state index in [1.165, 1.54) is 5.56 Å². The van der Waals surface area contributed by atoms with Gasteiger partial charge in [0.15, 0.2) is 0 Å². The zero-order valence-corrected chi connectivity index (χ0v) is 11.1. The van der Waals surface area contributed by atoms with Crippen LogP contribution in [0.25, 0.3) is 6.08 Å². The third-order valence-corrected chi connectivity index (χ3v) is 2.84. The van der Waals surface area contributed by atoms with E-state index in [1.807, 2.05) is 55.5 Å². The number of hydrogen-bond donors (Lipinski definition) is 1. The molecule has 2 rings (SSSR count). The summed E-state index contributed by atoms with van der Waals surface area (Å²) in [5, 5.41) is 0. The molecule has 0 amide bonds. The first kappa shape index (κ1) is 13.4. The Labute approximate surface area is 114 Å². The highest BCUT2D eigenvalue weighted by atomic mass is 16.5. The van der Waals surface area contributed by atoms with Gasteiger partial charge < -0.3 is 10.5 Å². The Hall–Kier alpha value is -2.06. The molecule has 2 aromatic carbocycles. The van der Waals surface area contributed by atoms with Crippen LogP contribution in [0, 0.1) is 0 Å². The van der Waals surface area contributed by atoms with E-state index < -0.39 is 0 Å². The second kappa shape index (κ2) is 6.76. The average Bonchev–Trinajstić information content (AvgIpc) is 2.45. The molecule has 1 unspecified atom stereocenters. The number of hydrogen-bond acceptors (Lipinski definition) is 2. The summed E-state index contributed by atoms with van der Waals surface area (Å²) in [7, 11) is 0. The zero-order valence-electron chi connectivity index (χ0n) is 11.1. The number of nitrogens with two attached hydrogens (primary N) is 1. The molecule has 1 atom stereocenters. The van der Waals surface area contributed by atoms with Crippen molar-refractivity contribution in [2.24, 2.45) is 5.73 Å². The van der Waals surface area contributed by atoms with E-state index in [2.05, 4.69) is 18.2 Å². The summed E-state index contributed by atoms with van der Waals surface area (Å²) in [5.74, 6) is 0.854. The quantitative estimate of drug-likeness (QED) is 0.879. The molecule has 0 fully saturated rings. The summed E-state index contributed by atoms with van der Waals surface area (Å²) in [6.07, 6.45) is 4.06. The summed E-state index contributed by atoms with van der Waals surface area (Å²) >= 11 is 0. The van der Waals surface area contributed by atoms with Crippen LogP contribution in [0.5, 0.6) is 5.75 Å². The fourth-order valence-corrected chi connectivity index (χ4v) is 1.78. The summed E-state index contributed by atoms with van der Waals surface area (Å²) in [6, 6.07) is 18.1.